The van der Waals surface area contributed by atoms with E-state index < -0.39 is 36.8 Å². The van der Waals surface area contributed by atoms with E-state index in [-0.39, 0.29) is 11.4 Å². The number of thiophene rings is 1. The van der Waals surface area contributed by atoms with Crippen LogP contribution in [0, 0.1) is 12.7 Å². The Morgan fingerprint density at radius 3 is 2.31 bits per heavy atom. The van der Waals surface area contributed by atoms with Crippen molar-refractivity contribution in [1.82, 2.24) is 0 Å². The average molecular weight is 461 g/mol. The number of ketones is 1. The predicted octanol–water partition coefficient (Wildman–Crippen LogP) is 2.07. The smallest absolute Gasteiger partial charge is 0.194 e. The predicted molar refractivity (Wildman–Crippen MR) is 119 cm³/mol. The van der Waals surface area contributed by atoms with Gasteiger partial charge in [-0.2, -0.15) is 0 Å². The Balaban J connectivity index is 1.77. The van der Waals surface area contributed by atoms with Crippen LogP contribution in [-0.2, 0) is 6.42 Å². The minimum atomic E-state index is -1.96. The molecule has 32 heavy (non-hydrogen) atoms. The molecule has 2 aromatic carbocycles. The van der Waals surface area contributed by atoms with Crippen LogP contribution >= 0.6 is 11.3 Å². The van der Waals surface area contributed by atoms with Crippen molar-refractivity contribution in [3.8, 4) is 10.4 Å². The number of benzene rings is 2. The second kappa shape index (κ2) is 10.4. The molecule has 0 bridgehead atoms. The Bertz CT molecular complexity index is 1060. The summed E-state index contributed by atoms with van der Waals surface area (Å²) in [5.74, 6) is -1.10. The van der Waals surface area contributed by atoms with Crippen LogP contribution in [0.5, 0.6) is 0 Å². The highest BCUT2D eigenvalue weighted by Crippen LogP contribution is 2.30. The van der Waals surface area contributed by atoms with E-state index in [4.69, 9.17) is 5.11 Å². The van der Waals surface area contributed by atoms with Gasteiger partial charge in [-0.1, -0.05) is 24.3 Å². The summed E-state index contributed by atoms with van der Waals surface area (Å²) in [6.45, 7) is 1.07. The highest BCUT2D eigenvalue weighted by atomic mass is 32.1. The standard InChI is InChI=1S/C24H25FO6S/c1-13-2-3-15(21(28)23(30)24(31)22(29)19(27)12-26)10-16(13)11-18-8-9-20(32-18)14-4-6-17(25)7-5-14/h2-10,19,22-24,26-27,29-31H,11-12H2,1H3/t19-,22-,23+,24+/m1/s1. The summed E-state index contributed by atoms with van der Waals surface area (Å²) >= 11 is 1.55. The van der Waals surface area contributed by atoms with Gasteiger partial charge in [-0.15, -0.1) is 11.3 Å². The van der Waals surface area contributed by atoms with E-state index in [1.54, 1.807) is 35.6 Å². The summed E-state index contributed by atoms with van der Waals surface area (Å²) in [6, 6.07) is 15.0. The molecule has 8 heteroatoms. The molecule has 0 aliphatic heterocycles. The Hall–Kier alpha value is -2.46. The molecule has 4 atom stereocenters. The zero-order valence-corrected chi connectivity index (χ0v) is 18.2. The number of Topliss-reactive ketones (excluding diaryl/α,β-unsaturated/α-hetero) is 1. The summed E-state index contributed by atoms with van der Waals surface area (Å²) in [4.78, 5) is 14.7. The molecule has 1 heterocycles. The van der Waals surface area contributed by atoms with Gasteiger partial charge < -0.3 is 25.5 Å². The first-order valence-corrected chi connectivity index (χ1v) is 10.8. The maximum atomic E-state index is 13.2. The zero-order valence-electron chi connectivity index (χ0n) is 17.4. The monoisotopic (exact) mass is 460 g/mol. The van der Waals surface area contributed by atoms with Crippen molar-refractivity contribution in [3.63, 3.8) is 0 Å². The van der Waals surface area contributed by atoms with Gasteiger partial charge in [-0.25, -0.2) is 4.39 Å². The molecule has 1 aromatic heterocycles. The molecule has 0 saturated heterocycles. The number of aliphatic hydroxyl groups excluding tert-OH is 5. The molecule has 0 unspecified atom stereocenters. The van der Waals surface area contributed by atoms with Crippen LogP contribution in [-0.4, -0.2) is 62.3 Å². The third-order valence-electron chi connectivity index (χ3n) is 5.31. The van der Waals surface area contributed by atoms with Crippen LogP contribution < -0.4 is 0 Å². The third kappa shape index (κ3) is 5.47. The van der Waals surface area contributed by atoms with Gasteiger partial charge in [0.05, 0.1) is 6.61 Å². The summed E-state index contributed by atoms with van der Waals surface area (Å²) in [5.41, 5.74) is 2.84. The number of aryl methyl sites for hydroxylation is 1. The topological polar surface area (TPSA) is 118 Å². The number of carbonyl (C=O) groups is 1. The van der Waals surface area contributed by atoms with E-state index in [9.17, 15) is 29.6 Å². The van der Waals surface area contributed by atoms with E-state index in [1.165, 1.54) is 18.2 Å². The lowest BCUT2D eigenvalue weighted by Crippen LogP contribution is -2.48. The van der Waals surface area contributed by atoms with Gasteiger partial charge in [0.25, 0.3) is 0 Å². The van der Waals surface area contributed by atoms with Gasteiger partial charge in [-0.3, -0.25) is 4.79 Å². The average Bonchev–Trinajstić information content (AvgIpc) is 3.26. The quantitative estimate of drug-likeness (QED) is 0.312. The van der Waals surface area contributed by atoms with Crippen molar-refractivity contribution in [1.29, 1.82) is 0 Å². The second-order valence-electron chi connectivity index (χ2n) is 7.63. The summed E-state index contributed by atoms with van der Waals surface area (Å²) in [5, 5.41) is 48.3. The highest BCUT2D eigenvalue weighted by Gasteiger charge is 2.34. The molecule has 0 aliphatic rings. The molecule has 0 fully saturated rings. The Morgan fingerprint density at radius 1 is 0.969 bits per heavy atom. The Kier molecular flexibility index (Phi) is 7.89. The minimum absolute atomic E-state index is 0.151. The maximum absolute atomic E-state index is 13.2. The summed E-state index contributed by atoms with van der Waals surface area (Å²) in [7, 11) is 0. The molecule has 0 aliphatic carbocycles. The Labute approximate surface area is 188 Å². The van der Waals surface area contributed by atoms with Crippen LogP contribution in [0.25, 0.3) is 10.4 Å². The van der Waals surface area contributed by atoms with Gasteiger partial charge in [-0.05, 0) is 53.9 Å². The van der Waals surface area contributed by atoms with Crippen LogP contribution in [0.1, 0.15) is 26.4 Å². The lowest BCUT2D eigenvalue weighted by atomic mass is 9.93. The molecule has 0 spiro atoms. The first-order chi connectivity index (χ1) is 15.2. The van der Waals surface area contributed by atoms with Crippen molar-refractivity contribution < 1.29 is 34.7 Å². The summed E-state index contributed by atoms with van der Waals surface area (Å²) in [6.07, 6.45) is -6.95. The maximum Gasteiger partial charge on any atom is 0.194 e. The van der Waals surface area contributed by atoms with E-state index >= 15 is 0 Å². The number of aliphatic hydroxyl groups is 5. The minimum Gasteiger partial charge on any atom is -0.394 e. The van der Waals surface area contributed by atoms with Gasteiger partial charge in [0.2, 0.25) is 0 Å². The molecular weight excluding hydrogens is 435 g/mol. The van der Waals surface area contributed by atoms with E-state index in [2.05, 4.69) is 0 Å². The highest BCUT2D eigenvalue weighted by molar-refractivity contribution is 7.15. The molecule has 0 saturated carbocycles. The van der Waals surface area contributed by atoms with Gasteiger partial charge in [0.1, 0.15) is 30.2 Å². The lowest BCUT2D eigenvalue weighted by Gasteiger charge is -2.25. The van der Waals surface area contributed by atoms with Crippen molar-refractivity contribution in [2.75, 3.05) is 6.61 Å². The fourth-order valence-corrected chi connectivity index (χ4v) is 4.33. The van der Waals surface area contributed by atoms with Crippen molar-refractivity contribution in [2.24, 2.45) is 0 Å². The molecule has 3 rings (SSSR count). The fourth-order valence-electron chi connectivity index (χ4n) is 3.29. The van der Waals surface area contributed by atoms with Crippen LogP contribution in [0.3, 0.4) is 0 Å². The van der Waals surface area contributed by atoms with Crippen LogP contribution in [0.4, 0.5) is 4.39 Å². The van der Waals surface area contributed by atoms with Gasteiger partial charge >= 0.3 is 0 Å². The third-order valence-corrected chi connectivity index (χ3v) is 6.45. The number of rotatable bonds is 9. The Morgan fingerprint density at radius 2 is 1.66 bits per heavy atom. The first-order valence-electron chi connectivity index (χ1n) is 10.0. The van der Waals surface area contributed by atoms with E-state index in [1.807, 2.05) is 19.1 Å². The van der Waals surface area contributed by atoms with Crippen molar-refractivity contribution in [3.05, 3.63) is 82.0 Å². The fraction of sp³-hybridized carbons (Fsp3) is 0.292. The number of carbonyl (C=O) groups excluding carboxylic acids is 1. The largest absolute Gasteiger partial charge is 0.394 e. The molecule has 0 amide bonds. The number of hydrogen-bond acceptors (Lipinski definition) is 7. The molecule has 170 valence electrons. The van der Waals surface area contributed by atoms with Crippen molar-refractivity contribution in [2.45, 2.75) is 37.8 Å². The molecule has 3 aromatic rings. The molecular formula is C24H25FO6S. The van der Waals surface area contributed by atoms with E-state index in [0.29, 0.717) is 6.42 Å². The van der Waals surface area contributed by atoms with Crippen molar-refractivity contribution >= 4 is 17.1 Å². The number of hydrogen-bond donors (Lipinski definition) is 5. The van der Waals surface area contributed by atoms with Gasteiger partial charge in [0, 0.05) is 21.7 Å². The normalized spacial score (nSPS) is 15.2. The SMILES string of the molecule is Cc1ccc(C(=O)[C@H](O)[C@@H](O)[C@H](O)[C@H](O)CO)cc1Cc1ccc(-c2ccc(F)cc2)s1. The summed E-state index contributed by atoms with van der Waals surface area (Å²) < 4.78 is 13.2. The molecule has 5 N–H and O–H groups in total. The van der Waals surface area contributed by atoms with Gasteiger partial charge in [0.15, 0.2) is 5.78 Å². The lowest BCUT2D eigenvalue weighted by molar-refractivity contribution is -0.105. The van der Waals surface area contributed by atoms with E-state index in [0.717, 1.165) is 26.4 Å². The zero-order chi connectivity index (χ0) is 23.4. The first kappa shape index (κ1) is 24.2. The number of halogens is 1. The second-order valence-corrected chi connectivity index (χ2v) is 8.80. The molecule has 0 radical (unpaired) electrons. The van der Waals surface area contributed by atoms with Crippen LogP contribution in [0.15, 0.2) is 54.6 Å². The van der Waals surface area contributed by atoms with Crippen LogP contribution in [0.2, 0.25) is 0 Å². The molecule has 6 nitrogen and oxygen atoms in total.